The number of hydrogen-bond donors (Lipinski definition) is 1. The molecule has 0 aromatic rings. The summed E-state index contributed by atoms with van der Waals surface area (Å²) in [6.07, 6.45) is 40.0. The molecule has 0 fully saturated rings. The van der Waals surface area contributed by atoms with Gasteiger partial charge in [-0.05, 0) is 102 Å². The van der Waals surface area contributed by atoms with Gasteiger partial charge in [0.25, 0.3) is 0 Å². The second-order valence-corrected chi connectivity index (χ2v) is 18.9. The monoisotopic (exact) mass is 879 g/mol. The van der Waals surface area contributed by atoms with Crippen LogP contribution in [0.3, 0.4) is 0 Å². The second-order valence-electron chi connectivity index (χ2n) is 18.9. The first-order valence-corrected chi connectivity index (χ1v) is 27.3. The Kier molecular flexibility index (Phi) is 46.0. The van der Waals surface area contributed by atoms with Crippen molar-refractivity contribution in [3.05, 3.63) is 0 Å². The number of aliphatic hydroxyl groups excluding tert-OH is 1. The van der Waals surface area contributed by atoms with E-state index in [1.807, 2.05) is 4.90 Å². The van der Waals surface area contributed by atoms with Crippen LogP contribution in [0.2, 0.25) is 0 Å². The minimum absolute atomic E-state index is 0.0168. The van der Waals surface area contributed by atoms with Gasteiger partial charge in [-0.25, -0.2) is 0 Å². The van der Waals surface area contributed by atoms with Crippen molar-refractivity contribution >= 4 is 17.8 Å². The highest BCUT2D eigenvalue weighted by molar-refractivity contribution is 5.76. The quantitative estimate of drug-likeness (QED) is 0.0480. The summed E-state index contributed by atoms with van der Waals surface area (Å²) in [5, 5.41) is 9.65. The summed E-state index contributed by atoms with van der Waals surface area (Å²) in [7, 11) is 0. The maximum Gasteiger partial charge on any atom is 0.305 e. The molecule has 62 heavy (non-hydrogen) atoms. The molecule has 0 heterocycles. The third-order valence-electron chi connectivity index (χ3n) is 12.9. The zero-order chi connectivity index (χ0) is 45.6. The molecule has 0 aliphatic rings. The lowest BCUT2D eigenvalue weighted by Gasteiger charge is -2.25. The maximum atomic E-state index is 12.9. The van der Waals surface area contributed by atoms with E-state index in [0.717, 1.165) is 103 Å². The molecule has 0 aliphatic carbocycles. The van der Waals surface area contributed by atoms with E-state index >= 15 is 0 Å². The Labute approximate surface area is 385 Å². The zero-order valence-corrected chi connectivity index (χ0v) is 42.2. The van der Waals surface area contributed by atoms with E-state index in [1.54, 1.807) is 0 Å². The zero-order valence-electron chi connectivity index (χ0n) is 42.2. The molecule has 8 nitrogen and oxygen atoms in total. The van der Waals surface area contributed by atoms with Crippen LogP contribution in [-0.2, 0) is 23.9 Å². The average Bonchev–Trinajstić information content (AvgIpc) is 3.27. The molecule has 8 heteroatoms. The molecule has 0 saturated carbocycles. The fourth-order valence-corrected chi connectivity index (χ4v) is 8.66. The van der Waals surface area contributed by atoms with Crippen LogP contribution in [0.5, 0.6) is 0 Å². The number of unbranched alkanes of at least 4 members (excludes halogenated alkanes) is 21. The first-order valence-electron chi connectivity index (χ1n) is 27.3. The molecular formula is C54H106N2O6. The van der Waals surface area contributed by atoms with Crippen LogP contribution < -0.4 is 0 Å². The van der Waals surface area contributed by atoms with Gasteiger partial charge in [-0.1, -0.05) is 176 Å². The number of nitrogens with zero attached hydrogens (tertiary/aromatic N) is 2. The van der Waals surface area contributed by atoms with Crippen molar-refractivity contribution in [1.29, 1.82) is 0 Å². The summed E-state index contributed by atoms with van der Waals surface area (Å²) in [5.74, 6) is 1.19. The standard InChI is InChI=1S/C54H106N2O6/c1-6-11-16-21-28-39-52(58)56(46-47-57)45-34-33-44-55(42-31-24-19-22-29-40-53(59)61-48-50(35-14-9-4)37-26-17-12-7-2)43-32-25-20-23-30-41-54(60)62-49-51(36-15-10-5)38-27-18-13-8-3/h50-51,57H,6-49H2,1-5H3. The highest BCUT2D eigenvalue weighted by Crippen LogP contribution is 2.20. The Morgan fingerprint density at radius 3 is 1.16 bits per heavy atom. The van der Waals surface area contributed by atoms with Gasteiger partial charge in [0.15, 0.2) is 0 Å². The Bertz CT molecular complexity index is 925. The van der Waals surface area contributed by atoms with Crippen LogP contribution in [0.4, 0.5) is 0 Å². The molecule has 368 valence electrons. The molecule has 0 aromatic heterocycles. The number of carbonyl (C=O) groups is 3. The molecule has 0 radical (unpaired) electrons. The summed E-state index contributed by atoms with van der Waals surface area (Å²) in [4.78, 5) is 42.5. The van der Waals surface area contributed by atoms with Crippen molar-refractivity contribution < 1.29 is 29.0 Å². The molecule has 0 saturated heterocycles. The van der Waals surface area contributed by atoms with Crippen LogP contribution in [0.25, 0.3) is 0 Å². The summed E-state index contributed by atoms with van der Waals surface area (Å²) in [6, 6.07) is 0. The molecule has 0 aromatic carbocycles. The minimum atomic E-state index is -0.0168. The largest absolute Gasteiger partial charge is 0.465 e. The predicted octanol–water partition coefficient (Wildman–Crippen LogP) is 14.6. The third kappa shape index (κ3) is 39.9. The molecule has 1 N–H and O–H groups in total. The topological polar surface area (TPSA) is 96.4 Å². The summed E-state index contributed by atoms with van der Waals surface area (Å²) < 4.78 is 11.5. The minimum Gasteiger partial charge on any atom is -0.465 e. The van der Waals surface area contributed by atoms with Crippen molar-refractivity contribution in [2.75, 3.05) is 52.5 Å². The molecule has 0 spiro atoms. The highest BCUT2D eigenvalue weighted by Gasteiger charge is 2.15. The van der Waals surface area contributed by atoms with Crippen molar-refractivity contribution in [3.8, 4) is 0 Å². The predicted molar refractivity (Wildman–Crippen MR) is 264 cm³/mol. The molecule has 1 amide bonds. The summed E-state index contributed by atoms with van der Waals surface area (Å²) in [6.45, 7) is 16.8. The lowest BCUT2D eigenvalue weighted by atomic mass is 9.96. The van der Waals surface area contributed by atoms with Gasteiger partial charge in [0.05, 0.1) is 19.8 Å². The van der Waals surface area contributed by atoms with Gasteiger partial charge < -0.3 is 24.4 Å². The van der Waals surface area contributed by atoms with Crippen molar-refractivity contribution in [3.63, 3.8) is 0 Å². The van der Waals surface area contributed by atoms with Gasteiger partial charge in [0, 0.05) is 32.4 Å². The molecule has 0 aliphatic heterocycles. The number of carbonyl (C=O) groups excluding carboxylic acids is 3. The maximum absolute atomic E-state index is 12.9. The number of amides is 1. The van der Waals surface area contributed by atoms with E-state index < -0.39 is 0 Å². The van der Waals surface area contributed by atoms with Gasteiger partial charge in [-0.2, -0.15) is 0 Å². The van der Waals surface area contributed by atoms with E-state index in [4.69, 9.17) is 9.47 Å². The van der Waals surface area contributed by atoms with Crippen molar-refractivity contribution in [2.45, 2.75) is 266 Å². The Balaban J connectivity index is 4.73. The van der Waals surface area contributed by atoms with Crippen molar-refractivity contribution in [2.24, 2.45) is 11.8 Å². The second kappa shape index (κ2) is 47.3. The molecule has 2 unspecified atom stereocenters. The molecular weight excluding hydrogens is 773 g/mol. The lowest BCUT2D eigenvalue weighted by Crippen LogP contribution is -2.35. The number of rotatable bonds is 49. The Morgan fingerprint density at radius 1 is 0.387 bits per heavy atom. The van der Waals surface area contributed by atoms with Crippen LogP contribution in [0, 0.1) is 11.8 Å². The number of hydrogen-bond acceptors (Lipinski definition) is 7. The first-order chi connectivity index (χ1) is 30.3. The third-order valence-corrected chi connectivity index (χ3v) is 12.9. The van der Waals surface area contributed by atoms with Gasteiger partial charge in [0.2, 0.25) is 5.91 Å². The SMILES string of the molecule is CCCCCCCC(=O)N(CCO)CCCCN(CCCCCCCC(=O)OCC(CCCC)CCCCCC)CCCCCCCC(=O)OCC(CCCC)CCCCCC. The van der Waals surface area contributed by atoms with Crippen LogP contribution in [0.15, 0.2) is 0 Å². The fraction of sp³-hybridized carbons (Fsp3) is 0.944. The lowest BCUT2D eigenvalue weighted by molar-refractivity contribution is -0.146. The van der Waals surface area contributed by atoms with Gasteiger partial charge in [-0.3, -0.25) is 14.4 Å². The molecule has 2 atom stereocenters. The number of aliphatic hydroxyl groups is 1. The fourth-order valence-electron chi connectivity index (χ4n) is 8.66. The highest BCUT2D eigenvalue weighted by atomic mass is 16.5. The van der Waals surface area contributed by atoms with Crippen LogP contribution in [0.1, 0.15) is 266 Å². The van der Waals surface area contributed by atoms with E-state index in [1.165, 1.54) is 135 Å². The van der Waals surface area contributed by atoms with Gasteiger partial charge in [0.1, 0.15) is 0 Å². The summed E-state index contributed by atoms with van der Waals surface area (Å²) in [5.41, 5.74) is 0. The van der Waals surface area contributed by atoms with E-state index in [9.17, 15) is 19.5 Å². The smallest absolute Gasteiger partial charge is 0.305 e. The molecule has 0 bridgehead atoms. The van der Waals surface area contributed by atoms with Gasteiger partial charge in [-0.15, -0.1) is 0 Å². The number of ether oxygens (including phenoxy) is 2. The Morgan fingerprint density at radius 2 is 0.726 bits per heavy atom. The normalized spacial score (nSPS) is 12.5. The average molecular weight is 879 g/mol. The van der Waals surface area contributed by atoms with E-state index in [0.29, 0.717) is 50.9 Å². The van der Waals surface area contributed by atoms with Crippen molar-refractivity contribution in [1.82, 2.24) is 9.80 Å². The molecule has 0 rings (SSSR count). The Hall–Kier alpha value is -1.67. The number of esters is 2. The van der Waals surface area contributed by atoms with E-state index in [2.05, 4.69) is 39.5 Å². The van der Waals surface area contributed by atoms with E-state index in [-0.39, 0.29) is 24.5 Å². The first kappa shape index (κ1) is 60.3. The summed E-state index contributed by atoms with van der Waals surface area (Å²) >= 11 is 0. The van der Waals surface area contributed by atoms with Gasteiger partial charge >= 0.3 is 11.9 Å². The van der Waals surface area contributed by atoms with Crippen LogP contribution >= 0.6 is 0 Å². The van der Waals surface area contributed by atoms with Crippen LogP contribution in [-0.4, -0.2) is 85.3 Å².